The van der Waals surface area contributed by atoms with Gasteiger partial charge in [0.05, 0.1) is 6.54 Å². The van der Waals surface area contributed by atoms with Crippen LogP contribution in [-0.2, 0) is 26.1 Å². The van der Waals surface area contributed by atoms with Crippen LogP contribution >= 0.6 is 0 Å². The normalized spacial score (nSPS) is 15.1. The Morgan fingerprint density at radius 3 is 2.76 bits per heavy atom. The van der Waals surface area contributed by atoms with Crippen molar-refractivity contribution in [2.75, 3.05) is 19.6 Å². The minimum Gasteiger partial charge on any atom is -0.317 e. The average Bonchev–Trinajstić information content (AvgIpc) is 2.97. The van der Waals surface area contributed by atoms with Gasteiger partial charge in [0.1, 0.15) is 12.2 Å². The molecule has 3 rings (SSSR count). The van der Waals surface area contributed by atoms with E-state index < -0.39 is 0 Å². The molecule has 0 radical (unpaired) electrons. The van der Waals surface area contributed by atoms with Gasteiger partial charge in [-0.15, -0.1) is 10.2 Å². The van der Waals surface area contributed by atoms with Crippen molar-refractivity contribution in [2.45, 2.75) is 33.0 Å². The topological polar surface area (TPSA) is 46.0 Å². The van der Waals surface area contributed by atoms with Crippen molar-refractivity contribution in [1.29, 1.82) is 0 Å². The van der Waals surface area contributed by atoms with E-state index in [1.807, 2.05) is 6.33 Å². The molecule has 0 amide bonds. The number of hydrogen-bond donors (Lipinski definition) is 1. The third kappa shape index (κ3) is 3.68. The highest BCUT2D eigenvalue weighted by atomic mass is 15.3. The molecule has 0 bridgehead atoms. The molecule has 1 aromatic carbocycles. The molecule has 112 valence electrons. The SMILES string of the molecule is CCNCCc1ccc(CN2CCn3cnnc3C2)cc1. The lowest BCUT2D eigenvalue weighted by Gasteiger charge is -2.26. The zero-order chi connectivity index (χ0) is 14.5. The Balaban J connectivity index is 1.54. The van der Waals surface area contributed by atoms with Gasteiger partial charge >= 0.3 is 0 Å². The summed E-state index contributed by atoms with van der Waals surface area (Å²) in [7, 11) is 0. The van der Waals surface area contributed by atoms with Crippen LogP contribution < -0.4 is 5.32 Å². The van der Waals surface area contributed by atoms with Crippen LogP contribution in [0.1, 0.15) is 23.9 Å². The summed E-state index contributed by atoms with van der Waals surface area (Å²) < 4.78 is 2.14. The molecule has 0 saturated heterocycles. The Labute approximate surface area is 126 Å². The number of likely N-dealkylation sites (N-methyl/N-ethyl adjacent to an activating group) is 1. The second-order valence-electron chi connectivity index (χ2n) is 5.57. The molecule has 1 aliphatic rings. The number of benzene rings is 1. The van der Waals surface area contributed by atoms with Gasteiger partial charge in [0, 0.05) is 19.6 Å². The van der Waals surface area contributed by atoms with E-state index in [0.717, 1.165) is 51.5 Å². The number of aromatic nitrogens is 3. The molecule has 5 nitrogen and oxygen atoms in total. The van der Waals surface area contributed by atoms with Crippen molar-refractivity contribution >= 4 is 0 Å². The summed E-state index contributed by atoms with van der Waals surface area (Å²) in [5.74, 6) is 1.07. The van der Waals surface area contributed by atoms with E-state index in [1.165, 1.54) is 11.1 Å². The molecule has 0 saturated carbocycles. The summed E-state index contributed by atoms with van der Waals surface area (Å²) in [5.41, 5.74) is 2.77. The minimum atomic E-state index is 0.891. The molecule has 0 fully saturated rings. The highest BCUT2D eigenvalue weighted by Gasteiger charge is 2.17. The summed E-state index contributed by atoms with van der Waals surface area (Å²) >= 11 is 0. The predicted octanol–water partition coefficient (Wildman–Crippen LogP) is 1.45. The van der Waals surface area contributed by atoms with Crippen LogP contribution in [0.3, 0.4) is 0 Å². The van der Waals surface area contributed by atoms with E-state index in [-0.39, 0.29) is 0 Å². The van der Waals surface area contributed by atoms with Gasteiger partial charge in [0.15, 0.2) is 0 Å². The highest BCUT2D eigenvalue weighted by Crippen LogP contribution is 2.14. The second-order valence-corrected chi connectivity index (χ2v) is 5.57. The van der Waals surface area contributed by atoms with Crippen LogP contribution in [0.15, 0.2) is 30.6 Å². The minimum absolute atomic E-state index is 0.891. The van der Waals surface area contributed by atoms with Crippen LogP contribution in [-0.4, -0.2) is 39.3 Å². The van der Waals surface area contributed by atoms with E-state index in [2.05, 4.69) is 56.2 Å². The molecule has 1 aliphatic heterocycles. The smallest absolute Gasteiger partial charge is 0.147 e. The van der Waals surface area contributed by atoms with Crippen molar-refractivity contribution < 1.29 is 0 Å². The number of fused-ring (bicyclic) bond motifs is 1. The first kappa shape index (κ1) is 14.2. The van der Waals surface area contributed by atoms with Crippen molar-refractivity contribution in [3.05, 3.63) is 47.5 Å². The molecule has 1 aromatic heterocycles. The third-order valence-electron chi connectivity index (χ3n) is 3.99. The van der Waals surface area contributed by atoms with Crippen LogP contribution in [0.25, 0.3) is 0 Å². The quantitative estimate of drug-likeness (QED) is 0.816. The predicted molar refractivity (Wildman–Crippen MR) is 82.8 cm³/mol. The van der Waals surface area contributed by atoms with E-state index >= 15 is 0 Å². The first-order valence-corrected chi connectivity index (χ1v) is 7.72. The number of nitrogens with zero attached hydrogens (tertiary/aromatic N) is 4. The van der Waals surface area contributed by atoms with E-state index in [1.54, 1.807) is 0 Å². The number of nitrogens with one attached hydrogen (secondary N) is 1. The fraction of sp³-hybridized carbons (Fsp3) is 0.500. The average molecular weight is 285 g/mol. The zero-order valence-electron chi connectivity index (χ0n) is 12.6. The van der Waals surface area contributed by atoms with Gasteiger partial charge in [-0.1, -0.05) is 31.2 Å². The van der Waals surface area contributed by atoms with Gasteiger partial charge in [-0.25, -0.2) is 0 Å². The largest absolute Gasteiger partial charge is 0.317 e. The molecular formula is C16H23N5. The van der Waals surface area contributed by atoms with E-state index in [4.69, 9.17) is 0 Å². The van der Waals surface area contributed by atoms with E-state index in [9.17, 15) is 0 Å². The highest BCUT2D eigenvalue weighted by molar-refractivity contribution is 5.22. The summed E-state index contributed by atoms with van der Waals surface area (Å²) in [6.45, 7) is 8.16. The standard InChI is InChI=1S/C16H23N5/c1-2-17-8-7-14-3-5-15(6-4-14)11-20-9-10-21-13-18-19-16(21)12-20/h3-6,13,17H,2,7-12H2,1H3. The Bertz CT molecular complexity index is 560. The van der Waals surface area contributed by atoms with Gasteiger partial charge in [-0.05, 0) is 30.6 Å². The number of rotatable bonds is 6. The first-order chi connectivity index (χ1) is 10.3. The van der Waals surface area contributed by atoms with Crippen LogP contribution in [0.5, 0.6) is 0 Å². The molecule has 2 heterocycles. The lowest BCUT2D eigenvalue weighted by Crippen LogP contribution is -2.33. The van der Waals surface area contributed by atoms with Crippen molar-refractivity contribution in [3.63, 3.8) is 0 Å². The molecule has 5 heteroatoms. The summed E-state index contributed by atoms with van der Waals surface area (Å²) in [6, 6.07) is 9.00. The maximum atomic E-state index is 4.17. The van der Waals surface area contributed by atoms with Crippen LogP contribution in [0, 0.1) is 0 Å². The van der Waals surface area contributed by atoms with Gasteiger partial charge in [0.2, 0.25) is 0 Å². The molecule has 0 unspecified atom stereocenters. The van der Waals surface area contributed by atoms with Gasteiger partial charge in [-0.2, -0.15) is 0 Å². The Kier molecular flexibility index (Phi) is 4.62. The maximum absolute atomic E-state index is 4.17. The molecule has 2 aromatic rings. The lowest BCUT2D eigenvalue weighted by atomic mass is 10.1. The summed E-state index contributed by atoms with van der Waals surface area (Å²) in [5, 5.41) is 11.5. The molecule has 0 atom stereocenters. The molecule has 21 heavy (non-hydrogen) atoms. The molecular weight excluding hydrogens is 262 g/mol. The van der Waals surface area contributed by atoms with Crippen LogP contribution in [0.4, 0.5) is 0 Å². The number of hydrogen-bond acceptors (Lipinski definition) is 4. The first-order valence-electron chi connectivity index (χ1n) is 7.72. The molecule has 0 aliphatic carbocycles. The Morgan fingerprint density at radius 1 is 1.14 bits per heavy atom. The van der Waals surface area contributed by atoms with Gasteiger partial charge in [0.25, 0.3) is 0 Å². The maximum Gasteiger partial charge on any atom is 0.147 e. The second kappa shape index (κ2) is 6.83. The Hall–Kier alpha value is -1.72. The Morgan fingerprint density at radius 2 is 1.95 bits per heavy atom. The zero-order valence-corrected chi connectivity index (χ0v) is 12.6. The monoisotopic (exact) mass is 285 g/mol. The third-order valence-corrected chi connectivity index (χ3v) is 3.99. The van der Waals surface area contributed by atoms with Crippen molar-refractivity contribution in [1.82, 2.24) is 25.0 Å². The molecule has 0 spiro atoms. The fourth-order valence-electron chi connectivity index (χ4n) is 2.73. The van der Waals surface area contributed by atoms with Crippen molar-refractivity contribution in [3.8, 4) is 0 Å². The van der Waals surface area contributed by atoms with Crippen LogP contribution in [0.2, 0.25) is 0 Å². The van der Waals surface area contributed by atoms with Crippen molar-refractivity contribution in [2.24, 2.45) is 0 Å². The van der Waals surface area contributed by atoms with Gasteiger partial charge < -0.3 is 9.88 Å². The fourth-order valence-corrected chi connectivity index (χ4v) is 2.73. The lowest BCUT2D eigenvalue weighted by molar-refractivity contribution is 0.209. The summed E-state index contributed by atoms with van der Waals surface area (Å²) in [6.07, 6.45) is 2.92. The van der Waals surface area contributed by atoms with E-state index in [0.29, 0.717) is 0 Å². The molecule has 1 N–H and O–H groups in total. The van der Waals surface area contributed by atoms with Gasteiger partial charge in [-0.3, -0.25) is 4.90 Å². The summed E-state index contributed by atoms with van der Waals surface area (Å²) in [4.78, 5) is 2.43.